The van der Waals surface area contributed by atoms with Crippen molar-refractivity contribution in [2.45, 2.75) is 19.3 Å². The predicted molar refractivity (Wildman–Crippen MR) is 83.4 cm³/mol. The van der Waals surface area contributed by atoms with E-state index in [0.29, 0.717) is 12.8 Å². The Labute approximate surface area is 120 Å². The van der Waals surface area contributed by atoms with Gasteiger partial charge in [0.05, 0.1) is 0 Å². The smallest absolute Gasteiger partial charge is 0.188 e. The molecule has 98 valence electrons. The zero-order valence-corrected chi connectivity index (χ0v) is 13.1. The highest BCUT2D eigenvalue weighted by atomic mass is 32.2. The molecule has 6 heteroatoms. The Morgan fingerprint density at radius 3 is 1.53 bits per heavy atom. The van der Waals surface area contributed by atoms with Crippen molar-refractivity contribution in [1.82, 2.24) is 0 Å². The molecule has 0 aliphatic carbocycles. The van der Waals surface area contributed by atoms with Crippen molar-refractivity contribution in [3.05, 3.63) is 0 Å². The van der Waals surface area contributed by atoms with Gasteiger partial charge in [-0.1, -0.05) is 23.5 Å². The molecule has 0 aromatic heterocycles. The van der Waals surface area contributed by atoms with E-state index in [-0.39, 0.29) is 10.2 Å². The van der Waals surface area contributed by atoms with Crippen LogP contribution in [0.2, 0.25) is 0 Å². The Hall–Kier alpha value is 0.740. The third kappa shape index (κ3) is 9.33. The van der Waals surface area contributed by atoms with Gasteiger partial charge >= 0.3 is 0 Å². The number of thioether (sulfide) groups is 4. The van der Waals surface area contributed by atoms with E-state index in [0.717, 1.165) is 40.9 Å². The van der Waals surface area contributed by atoms with Crippen molar-refractivity contribution >= 4 is 57.3 Å². The lowest BCUT2D eigenvalue weighted by atomic mass is 10.3. The molecule has 1 fully saturated rings. The van der Waals surface area contributed by atoms with Crippen LogP contribution >= 0.6 is 47.0 Å². The van der Waals surface area contributed by atoms with Crippen molar-refractivity contribution in [3.8, 4) is 0 Å². The minimum atomic E-state index is 0.243. The van der Waals surface area contributed by atoms with Gasteiger partial charge in [0.2, 0.25) is 0 Å². The minimum Gasteiger partial charge on any atom is -0.287 e. The fourth-order valence-corrected chi connectivity index (χ4v) is 5.27. The molecule has 0 unspecified atom stereocenters. The summed E-state index contributed by atoms with van der Waals surface area (Å²) in [4.78, 5) is 22.9. The van der Waals surface area contributed by atoms with E-state index in [1.54, 1.807) is 0 Å². The average Bonchev–Trinajstić information content (AvgIpc) is 2.31. The normalized spacial score (nSPS) is 22.8. The number of hydrogen-bond donors (Lipinski definition) is 0. The molecule has 2 nitrogen and oxygen atoms in total. The van der Waals surface area contributed by atoms with Gasteiger partial charge in [-0.2, -0.15) is 23.5 Å². The van der Waals surface area contributed by atoms with Crippen molar-refractivity contribution in [2.75, 3.05) is 34.5 Å². The topological polar surface area (TPSA) is 34.1 Å². The van der Waals surface area contributed by atoms with Gasteiger partial charge in [-0.25, -0.2) is 0 Å². The van der Waals surface area contributed by atoms with Crippen LogP contribution in [-0.4, -0.2) is 44.7 Å². The van der Waals surface area contributed by atoms with E-state index in [1.165, 1.54) is 23.5 Å². The monoisotopic (exact) mass is 310 g/mol. The van der Waals surface area contributed by atoms with Gasteiger partial charge in [-0.15, -0.1) is 0 Å². The first-order chi connectivity index (χ1) is 8.29. The first-order valence-corrected chi connectivity index (χ1v) is 10.0. The lowest BCUT2D eigenvalue weighted by Gasteiger charge is -2.01. The summed E-state index contributed by atoms with van der Waals surface area (Å²) in [6, 6.07) is 0. The van der Waals surface area contributed by atoms with Gasteiger partial charge in [0.25, 0.3) is 0 Å². The minimum absolute atomic E-state index is 0.243. The van der Waals surface area contributed by atoms with Crippen LogP contribution in [0.25, 0.3) is 0 Å². The molecule has 1 heterocycles. The van der Waals surface area contributed by atoms with E-state index in [2.05, 4.69) is 0 Å². The zero-order chi connectivity index (χ0) is 12.3. The van der Waals surface area contributed by atoms with Gasteiger partial charge in [0.15, 0.2) is 10.2 Å². The van der Waals surface area contributed by atoms with E-state index in [1.807, 2.05) is 23.5 Å². The molecule has 0 aromatic carbocycles. The second-order valence-corrected chi connectivity index (χ2v) is 8.27. The van der Waals surface area contributed by atoms with Crippen LogP contribution in [0.1, 0.15) is 19.3 Å². The molecule has 0 N–H and O–H groups in total. The quantitative estimate of drug-likeness (QED) is 0.684. The Morgan fingerprint density at radius 2 is 1.06 bits per heavy atom. The van der Waals surface area contributed by atoms with Crippen LogP contribution < -0.4 is 0 Å². The van der Waals surface area contributed by atoms with Crippen LogP contribution in [-0.2, 0) is 9.59 Å². The van der Waals surface area contributed by atoms with E-state index in [9.17, 15) is 9.59 Å². The summed E-state index contributed by atoms with van der Waals surface area (Å²) in [5, 5.41) is 0.486. The molecule has 0 aromatic rings. The third-order valence-electron chi connectivity index (χ3n) is 2.12. The molecule has 0 saturated carbocycles. The second kappa shape index (κ2) is 10.6. The first kappa shape index (κ1) is 15.8. The van der Waals surface area contributed by atoms with Crippen LogP contribution in [0.3, 0.4) is 0 Å². The summed E-state index contributed by atoms with van der Waals surface area (Å²) >= 11 is 6.69. The van der Waals surface area contributed by atoms with Crippen LogP contribution in [0.5, 0.6) is 0 Å². The zero-order valence-electron chi connectivity index (χ0n) is 9.81. The standard InChI is InChI=1S/C11H18O2S4/c12-10-2-1-3-11(13)17-9-7-15-5-4-14-6-8-16-10/h1-9H2. The molecular weight excluding hydrogens is 292 g/mol. The SMILES string of the molecule is O=C1CCCC(=O)SCCSCCSCCS1. The average molecular weight is 311 g/mol. The summed E-state index contributed by atoms with van der Waals surface area (Å²) in [7, 11) is 0. The molecule has 0 spiro atoms. The lowest BCUT2D eigenvalue weighted by molar-refractivity contribution is -0.112. The van der Waals surface area contributed by atoms with Gasteiger partial charge in [0, 0.05) is 47.4 Å². The van der Waals surface area contributed by atoms with Crippen molar-refractivity contribution in [2.24, 2.45) is 0 Å². The van der Waals surface area contributed by atoms with E-state index in [4.69, 9.17) is 0 Å². The highest BCUT2D eigenvalue weighted by molar-refractivity contribution is 8.15. The van der Waals surface area contributed by atoms with Crippen LogP contribution in [0, 0.1) is 0 Å². The Morgan fingerprint density at radius 1 is 0.647 bits per heavy atom. The summed E-state index contributed by atoms with van der Waals surface area (Å²) in [6.07, 6.45) is 1.82. The van der Waals surface area contributed by atoms with E-state index < -0.39 is 0 Å². The Kier molecular flexibility index (Phi) is 9.89. The van der Waals surface area contributed by atoms with Gasteiger partial charge in [-0.3, -0.25) is 9.59 Å². The first-order valence-electron chi connectivity index (χ1n) is 5.76. The molecule has 0 amide bonds. The Bertz CT molecular complexity index is 222. The second-order valence-electron chi connectivity index (χ2n) is 3.52. The predicted octanol–water partition coefficient (Wildman–Crippen LogP) is 3.16. The van der Waals surface area contributed by atoms with Gasteiger partial charge in [0.1, 0.15) is 0 Å². The van der Waals surface area contributed by atoms with Crippen molar-refractivity contribution in [3.63, 3.8) is 0 Å². The highest BCUT2D eigenvalue weighted by Gasteiger charge is 2.07. The van der Waals surface area contributed by atoms with Gasteiger partial charge in [-0.05, 0) is 6.42 Å². The highest BCUT2D eigenvalue weighted by Crippen LogP contribution is 2.17. The van der Waals surface area contributed by atoms with Crippen molar-refractivity contribution < 1.29 is 9.59 Å². The molecule has 1 aliphatic heterocycles. The maximum atomic E-state index is 11.5. The summed E-state index contributed by atoms with van der Waals surface area (Å²) in [5.74, 6) is 6.25. The maximum absolute atomic E-state index is 11.5. The number of carbonyl (C=O) groups is 2. The molecule has 1 saturated heterocycles. The summed E-state index contributed by atoms with van der Waals surface area (Å²) in [6.45, 7) is 0. The number of carbonyl (C=O) groups excluding carboxylic acids is 2. The fraction of sp³-hybridized carbons (Fsp3) is 0.818. The largest absolute Gasteiger partial charge is 0.287 e. The number of rotatable bonds is 0. The molecule has 0 atom stereocenters. The Balaban J connectivity index is 2.24. The molecule has 0 bridgehead atoms. The summed E-state index contributed by atoms with van der Waals surface area (Å²) in [5.41, 5.74) is 0. The molecule has 17 heavy (non-hydrogen) atoms. The number of hydrogen-bond acceptors (Lipinski definition) is 6. The van der Waals surface area contributed by atoms with Gasteiger partial charge < -0.3 is 0 Å². The molecule has 0 radical (unpaired) electrons. The molecule has 1 rings (SSSR count). The molecular formula is C11H18O2S4. The van der Waals surface area contributed by atoms with Crippen LogP contribution in [0.15, 0.2) is 0 Å². The maximum Gasteiger partial charge on any atom is 0.188 e. The van der Waals surface area contributed by atoms with Crippen molar-refractivity contribution in [1.29, 1.82) is 0 Å². The summed E-state index contributed by atoms with van der Waals surface area (Å²) < 4.78 is 0. The lowest BCUT2D eigenvalue weighted by Crippen LogP contribution is -1.99. The molecule has 1 aliphatic rings. The third-order valence-corrected chi connectivity index (χ3v) is 6.73. The van der Waals surface area contributed by atoms with E-state index >= 15 is 0 Å². The fourth-order valence-electron chi connectivity index (χ4n) is 1.27. The van der Waals surface area contributed by atoms with Crippen LogP contribution in [0.4, 0.5) is 0 Å².